The lowest BCUT2D eigenvalue weighted by Gasteiger charge is -2.15. The van der Waals surface area contributed by atoms with Gasteiger partial charge in [0.25, 0.3) is 5.56 Å². The fraction of sp³-hybridized carbons (Fsp3) is 0.130. The molecular weight excluding hydrogens is 414 g/mol. The third-order valence-corrected chi connectivity index (χ3v) is 5.34. The highest BCUT2D eigenvalue weighted by molar-refractivity contribution is 5.93. The molecule has 0 bridgehead atoms. The van der Waals surface area contributed by atoms with Gasteiger partial charge in [-0.3, -0.25) is 18.9 Å². The van der Waals surface area contributed by atoms with E-state index < -0.39 is 17.2 Å². The van der Waals surface area contributed by atoms with E-state index in [1.807, 2.05) is 0 Å². The molecule has 0 spiro atoms. The molecular formula is C23H17N3O6. The first-order valence-corrected chi connectivity index (χ1v) is 9.79. The molecule has 32 heavy (non-hydrogen) atoms. The van der Waals surface area contributed by atoms with Gasteiger partial charge in [0.2, 0.25) is 6.79 Å². The largest absolute Gasteiger partial charge is 0.478 e. The number of carboxylic acids is 1. The van der Waals surface area contributed by atoms with Gasteiger partial charge in [-0.1, -0.05) is 6.07 Å². The maximum absolute atomic E-state index is 13.4. The molecule has 0 atom stereocenters. The normalized spacial score (nSPS) is 12.2. The van der Waals surface area contributed by atoms with Gasteiger partial charge in [-0.25, -0.2) is 9.59 Å². The highest BCUT2D eigenvalue weighted by atomic mass is 16.7. The maximum Gasteiger partial charge on any atom is 0.335 e. The number of benzene rings is 2. The quantitative estimate of drug-likeness (QED) is 0.515. The first-order chi connectivity index (χ1) is 15.5. The summed E-state index contributed by atoms with van der Waals surface area (Å²) in [6.45, 7) is 0.314. The molecule has 0 saturated heterocycles. The summed E-state index contributed by atoms with van der Waals surface area (Å²) >= 11 is 0. The second kappa shape index (κ2) is 7.69. The number of carboxylic acid groups (broad SMARTS) is 1. The first kappa shape index (κ1) is 19.6. The molecule has 1 aliphatic heterocycles. The van der Waals surface area contributed by atoms with Gasteiger partial charge in [-0.15, -0.1) is 0 Å². The number of hydrogen-bond donors (Lipinski definition) is 1. The molecule has 1 aliphatic rings. The third-order valence-electron chi connectivity index (χ3n) is 5.34. The van der Waals surface area contributed by atoms with Gasteiger partial charge in [0.05, 0.1) is 29.6 Å². The molecule has 0 fully saturated rings. The topological polar surface area (TPSA) is 113 Å². The molecule has 5 rings (SSSR count). The van der Waals surface area contributed by atoms with Crippen molar-refractivity contribution in [2.45, 2.75) is 13.1 Å². The van der Waals surface area contributed by atoms with Crippen molar-refractivity contribution in [3.05, 3.63) is 98.5 Å². The Bertz CT molecular complexity index is 1470. The summed E-state index contributed by atoms with van der Waals surface area (Å²) in [5.41, 5.74) is 0.774. The van der Waals surface area contributed by atoms with Crippen molar-refractivity contribution in [1.29, 1.82) is 0 Å². The van der Waals surface area contributed by atoms with E-state index in [1.54, 1.807) is 42.7 Å². The van der Waals surface area contributed by atoms with Crippen LogP contribution in [0.4, 0.5) is 0 Å². The number of rotatable bonds is 5. The van der Waals surface area contributed by atoms with Gasteiger partial charge in [0.15, 0.2) is 11.5 Å². The van der Waals surface area contributed by atoms with Crippen molar-refractivity contribution in [2.75, 3.05) is 6.79 Å². The Morgan fingerprint density at radius 1 is 0.906 bits per heavy atom. The van der Waals surface area contributed by atoms with Crippen LogP contribution in [0.3, 0.4) is 0 Å². The minimum absolute atomic E-state index is 0.00209. The molecule has 0 unspecified atom stereocenters. The Balaban J connectivity index is 1.70. The summed E-state index contributed by atoms with van der Waals surface area (Å²) in [7, 11) is 0. The lowest BCUT2D eigenvalue weighted by molar-refractivity contribution is 0.0697. The summed E-state index contributed by atoms with van der Waals surface area (Å²) in [4.78, 5) is 42.1. The number of nitrogens with zero attached hydrogens (tertiary/aromatic N) is 3. The van der Waals surface area contributed by atoms with Crippen LogP contribution in [0.15, 0.2) is 70.5 Å². The Hall–Kier alpha value is -4.40. The van der Waals surface area contributed by atoms with Crippen molar-refractivity contribution < 1.29 is 19.4 Å². The van der Waals surface area contributed by atoms with Crippen LogP contribution >= 0.6 is 0 Å². The van der Waals surface area contributed by atoms with Crippen molar-refractivity contribution in [2.24, 2.45) is 0 Å². The highest BCUT2D eigenvalue weighted by Gasteiger charge is 2.18. The van der Waals surface area contributed by atoms with Crippen LogP contribution in [0, 0.1) is 0 Å². The van der Waals surface area contributed by atoms with E-state index in [0.29, 0.717) is 22.6 Å². The van der Waals surface area contributed by atoms with Crippen LogP contribution < -0.4 is 20.7 Å². The standard InChI is InChI=1S/C23H17N3O6/c27-21-17-10-16(22(28)29)2-3-18(17)25(11-14-5-7-24-8-6-14)23(30)26(21)12-15-1-4-19-20(9-15)32-13-31-19/h1-10H,11-13H2,(H,28,29). The average Bonchev–Trinajstić information content (AvgIpc) is 3.28. The van der Waals surface area contributed by atoms with Gasteiger partial charge >= 0.3 is 11.7 Å². The fourth-order valence-electron chi connectivity index (χ4n) is 3.74. The average molecular weight is 431 g/mol. The van der Waals surface area contributed by atoms with Gasteiger partial charge in [-0.2, -0.15) is 0 Å². The summed E-state index contributed by atoms with van der Waals surface area (Å²) < 4.78 is 13.3. The Labute approximate surface area is 180 Å². The zero-order valence-electron chi connectivity index (χ0n) is 16.7. The Morgan fingerprint density at radius 3 is 2.44 bits per heavy atom. The zero-order valence-corrected chi connectivity index (χ0v) is 16.7. The smallest absolute Gasteiger partial charge is 0.335 e. The molecule has 3 heterocycles. The number of hydrogen-bond acceptors (Lipinski definition) is 6. The molecule has 2 aromatic carbocycles. The van der Waals surface area contributed by atoms with E-state index in [4.69, 9.17) is 9.47 Å². The second-order valence-corrected chi connectivity index (χ2v) is 7.34. The monoisotopic (exact) mass is 431 g/mol. The molecule has 0 amide bonds. The summed E-state index contributed by atoms with van der Waals surface area (Å²) in [5.74, 6) is -0.0112. The lowest BCUT2D eigenvalue weighted by Crippen LogP contribution is -2.40. The number of ether oxygens (including phenoxy) is 2. The van der Waals surface area contributed by atoms with Crippen LogP contribution in [0.25, 0.3) is 10.9 Å². The van der Waals surface area contributed by atoms with Gasteiger partial charge in [0, 0.05) is 12.4 Å². The minimum Gasteiger partial charge on any atom is -0.478 e. The minimum atomic E-state index is -1.15. The fourth-order valence-corrected chi connectivity index (χ4v) is 3.74. The SMILES string of the molecule is O=C(O)c1ccc2c(c1)c(=O)n(Cc1ccc3c(c1)OCO3)c(=O)n2Cc1ccncc1. The van der Waals surface area contributed by atoms with Crippen molar-refractivity contribution >= 4 is 16.9 Å². The molecule has 2 aromatic heterocycles. The molecule has 160 valence electrons. The number of pyridine rings is 1. The number of aromatic nitrogens is 3. The molecule has 1 N–H and O–H groups in total. The first-order valence-electron chi connectivity index (χ1n) is 9.79. The van der Waals surface area contributed by atoms with E-state index in [9.17, 15) is 19.5 Å². The van der Waals surface area contributed by atoms with E-state index in [2.05, 4.69) is 4.98 Å². The van der Waals surface area contributed by atoms with Crippen molar-refractivity contribution in [3.63, 3.8) is 0 Å². The molecule has 0 saturated carbocycles. The van der Waals surface area contributed by atoms with Gasteiger partial charge in [0.1, 0.15) is 0 Å². The summed E-state index contributed by atoms with van der Waals surface area (Å²) in [6, 6.07) is 12.9. The zero-order chi connectivity index (χ0) is 22.2. The summed E-state index contributed by atoms with van der Waals surface area (Å²) in [6.07, 6.45) is 3.24. The van der Waals surface area contributed by atoms with Crippen LogP contribution in [-0.4, -0.2) is 32.0 Å². The summed E-state index contributed by atoms with van der Waals surface area (Å²) in [5, 5.41) is 9.53. The van der Waals surface area contributed by atoms with Crippen LogP contribution in [-0.2, 0) is 13.1 Å². The lowest BCUT2D eigenvalue weighted by atomic mass is 10.1. The highest BCUT2D eigenvalue weighted by Crippen LogP contribution is 2.32. The number of aromatic carboxylic acids is 1. The van der Waals surface area contributed by atoms with Crippen LogP contribution in [0.5, 0.6) is 11.5 Å². The van der Waals surface area contributed by atoms with Crippen molar-refractivity contribution in [3.8, 4) is 11.5 Å². The van der Waals surface area contributed by atoms with E-state index in [1.165, 1.54) is 22.8 Å². The molecule has 0 aliphatic carbocycles. The van der Waals surface area contributed by atoms with Crippen LogP contribution in [0.1, 0.15) is 21.5 Å². The number of fused-ring (bicyclic) bond motifs is 2. The van der Waals surface area contributed by atoms with Crippen molar-refractivity contribution in [1.82, 2.24) is 14.1 Å². The number of carbonyl (C=O) groups is 1. The molecule has 9 heteroatoms. The molecule has 4 aromatic rings. The van der Waals surface area contributed by atoms with Gasteiger partial charge in [-0.05, 0) is 53.6 Å². The molecule has 9 nitrogen and oxygen atoms in total. The van der Waals surface area contributed by atoms with E-state index in [-0.39, 0.29) is 30.8 Å². The van der Waals surface area contributed by atoms with Crippen LogP contribution in [0.2, 0.25) is 0 Å². The van der Waals surface area contributed by atoms with E-state index >= 15 is 0 Å². The third kappa shape index (κ3) is 3.39. The predicted octanol–water partition coefficient (Wildman–Crippen LogP) is 2.08. The van der Waals surface area contributed by atoms with Gasteiger partial charge < -0.3 is 14.6 Å². The maximum atomic E-state index is 13.4. The Morgan fingerprint density at radius 2 is 1.66 bits per heavy atom. The van der Waals surface area contributed by atoms with E-state index in [0.717, 1.165) is 10.1 Å². The second-order valence-electron chi connectivity index (χ2n) is 7.34. The Kier molecular flexibility index (Phi) is 4.70. The molecule has 0 radical (unpaired) electrons. The predicted molar refractivity (Wildman–Crippen MR) is 114 cm³/mol.